The molecule has 0 unspecified atom stereocenters. The van der Waals surface area contributed by atoms with Crippen LogP contribution in [0.3, 0.4) is 0 Å². The summed E-state index contributed by atoms with van der Waals surface area (Å²) in [4.78, 5) is 0. The highest BCUT2D eigenvalue weighted by molar-refractivity contribution is 9.10. The molecule has 0 bridgehead atoms. The van der Waals surface area contributed by atoms with Crippen LogP contribution < -0.4 is 5.32 Å². The lowest BCUT2D eigenvalue weighted by atomic mass is 10.0. The van der Waals surface area contributed by atoms with Gasteiger partial charge in [-0.25, -0.2) is 0 Å². The molecule has 0 spiro atoms. The molecule has 1 aromatic carbocycles. The van der Waals surface area contributed by atoms with Crippen LogP contribution in [0.15, 0.2) is 28.7 Å². The molecule has 0 heterocycles. The van der Waals surface area contributed by atoms with Crippen molar-refractivity contribution in [3.05, 3.63) is 34.3 Å². The number of hydrogen-bond donors (Lipinski definition) is 1. The molecule has 0 fully saturated rings. The predicted octanol–water partition coefficient (Wildman–Crippen LogP) is 4.10. The van der Waals surface area contributed by atoms with Crippen LogP contribution in [-0.4, -0.2) is 10.9 Å². The molecular weight excluding hydrogens is 318 g/mol. The fourth-order valence-corrected chi connectivity index (χ4v) is 2.52. The van der Waals surface area contributed by atoms with Gasteiger partial charge in [0.2, 0.25) is 0 Å². The minimum atomic E-state index is 0.191. The quantitative estimate of drug-likeness (QED) is 0.799. The number of hydrogen-bond acceptors (Lipinski definition) is 1. The Kier molecular flexibility index (Phi) is 5.30. The van der Waals surface area contributed by atoms with Gasteiger partial charge in [0.1, 0.15) is 0 Å². The first-order valence-electron chi connectivity index (χ1n) is 5.09. The summed E-state index contributed by atoms with van der Waals surface area (Å²) in [6.45, 7) is 5.38. The van der Waals surface area contributed by atoms with Crippen LogP contribution in [0.4, 0.5) is 0 Å². The Bertz CT molecular complexity index is 293. The first-order valence-corrected chi connectivity index (χ1v) is 7.00. The second-order valence-electron chi connectivity index (χ2n) is 4.30. The summed E-state index contributed by atoms with van der Waals surface area (Å²) in [5, 5.41) is 4.59. The smallest absolute Gasteiger partial charge is 0.0210 e. The topological polar surface area (TPSA) is 12.0 Å². The molecule has 0 radical (unpaired) electrons. The zero-order valence-electron chi connectivity index (χ0n) is 9.19. The Morgan fingerprint density at radius 1 is 1.20 bits per heavy atom. The second-order valence-corrected chi connectivity index (χ2v) is 6.01. The van der Waals surface area contributed by atoms with Crippen LogP contribution in [0.5, 0.6) is 0 Å². The summed E-state index contributed by atoms with van der Waals surface area (Å²) in [5.74, 6) is 0. The third-order valence-electron chi connectivity index (χ3n) is 2.40. The van der Waals surface area contributed by atoms with E-state index in [1.807, 2.05) is 0 Å². The molecule has 0 saturated carbocycles. The molecule has 0 aliphatic rings. The van der Waals surface area contributed by atoms with Gasteiger partial charge in [0, 0.05) is 21.9 Å². The van der Waals surface area contributed by atoms with Crippen molar-refractivity contribution >= 4 is 31.9 Å². The second kappa shape index (κ2) is 6.02. The van der Waals surface area contributed by atoms with Gasteiger partial charge in [-0.2, -0.15) is 0 Å². The highest BCUT2D eigenvalue weighted by atomic mass is 79.9. The fraction of sp³-hybridized carbons (Fsp3) is 0.500. The van der Waals surface area contributed by atoms with Crippen molar-refractivity contribution in [3.8, 4) is 0 Å². The molecule has 0 atom stereocenters. The highest BCUT2D eigenvalue weighted by Gasteiger charge is 2.15. The maximum atomic E-state index is 3.55. The maximum absolute atomic E-state index is 3.55. The Labute approximate surface area is 109 Å². The molecule has 1 rings (SSSR count). The zero-order valence-corrected chi connectivity index (χ0v) is 12.4. The van der Waals surface area contributed by atoms with E-state index in [2.05, 4.69) is 75.3 Å². The number of benzene rings is 1. The summed E-state index contributed by atoms with van der Waals surface area (Å²) < 4.78 is 1.13. The molecule has 0 amide bonds. The van der Waals surface area contributed by atoms with Crippen molar-refractivity contribution in [2.75, 3.05) is 5.33 Å². The summed E-state index contributed by atoms with van der Waals surface area (Å²) in [6.07, 6.45) is 1.13. The lowest BCUT2D eigenvalue weighted by Gasteiger charge is -2.25. The predicted molar refractivity (Wildman–Crippen MR) is 73.5 cm³/mol. The summed E-state index contributed by atoms with van der Waals surface area (Å²) in [6, 6.07) is 8.44. The molecule has 1 aromatic rings. The Balaban J connectivity index is 2.46. The molecule has 0 aliphatic heterocycles. The van der Waals surface area contributed by atoms with Crippen molar-refractivity contribution in [1.82, 2.24) is 5.32 Å². The summed E-state index contributed by atoms with van der Waals surface area (Å²) >= 11 is 6.91. The van der Waals surface area contributed by atoms with Crippen LogP contribution in [-0.2, 0) is 6.54 Å². The third kappa shape index (κ3) is 5.14. The number of halogens is 2. The Morgan fingerprint density at radius 3 is 2.33 bits per heavy atom. The van der Waals surface area contributed by atoms with Gasteiger partial charge in [0.25, 0.3) is 0 Å². The van der Waals surface area contributed by atoms with E-state index in [-0.39, 0.29) is 5.54 Å². The minimum Gasteiger partial charge on any atom is -0.308 e. The Morgan fingerprint density at radius 2 is 1.80 bits per heavy atom. The summed E-state index contributed by atoms with van der Waals surface area (Å²) in [5.41, 5.74) is 1.51. The molecule has 0 aromatic heterocycles. The van der Waals surface area contributed by atoms with Crippen LogP contribution in [0.2, 0.25) is 0 Å². The molecule has 84 valence electrons. The van der Waals surface area contributed by atoms with Gasteiger partial charge in [-0.1, -0.05) is 44.0 Å². The monoisotopic (exact) mass is 333 g/mol. The van der Waals surface area contributed by atoms with E-state index in [1.165, 1.54) is 5.56 Å². The minimum absolute atomic E-state index is 0.191. The van der Waals surface area contributed by atoms with Crippen LogP contribution in [0, 0.1) is 0 Å². The molecular formula is C12H17Br2N. The van der Waals surface area contributed by atoms with Crippen molar-refractivity contribution in [2.24, 2.45) is 0 Å². The molecule has 0 aliphatic carbocycles. The normalized spacial score (nSPS) is 11.7. The largest absolute Gasteiger partial charge is 0.308 e. The highest BCUT2D eigenvalue weighted by Crippen LogP contribution is 2.13. The van der Waals surface area contributed by atoms with E-state index in [0.29, 0.717) is 0 Å². The average molecular weight is 335 g/mol. The van der Waals surface area contributed by atoms with E-state index in [1.54, 1.807) is 0 Å². The van der Waals surface area contributed by atoms with E-state index < -0.39 is 0 Å². The van der Waals surface area contributed by atoms with Crippen molar-refractivity contribution in [2.45, 2.75) is 32.4 Å². The van der Waals surface area contributed by atoms with Gasteiger partial charge in [0.15, 0.2) is 0 Å². The van der Waals surface area contributed by atoms with Crippen LogP contribution in [0.25, 0.3) is 0 Å². The van der Waals surface area contributed by atoms with Gasteiger partial charge < -0.3 is 5.32 Å². The number of alkyl halides is 1. The Hall–Kier alpha value is 0.140. The molecule has 1 N–H and O–H groups in total. The standard InChI is InChI=1S/C12H17Br2N/c1-12(2,7-8-13)15-9-10-3-5-11(14)6-4-10/h3-6,15H,7-9H2,1-2H3. The van der Waals surface area contributed by atoms with Crippen molar-refractivity contribution in [1.29, 1.82) is 0 Å². The maximum Gasteiger partial charge on any atom is 0.0210 e. The molecule has 15 heavy (non-hydrogen) atoms. The summed E-state index contributed by atoms with van der Waals surface area (Å²) in [7, 11) is 0. The van der Waals surface area contributed by atoms with Gasteiger partial charge in [-0.15, -0.1) is 0 Å². The van der Waals surface area contributed by atoms with E-state index in [4.69, 9.17) is 0 Å². The van der Waals surface area contributed by atoms with Crippen molar-refractivity contribution < 1.29 is 0 Å². The average Bonchev–Trinajstić information content (AvgIpc) is 2.17. The van der Waals surface area contributed by atoms with E-state index in [9.17, 15) is 0 Å². The van der Waals surface area contributed by atoms with Gasteiger partial charge in [0.05, 0.1) is 0 Å². The number of nitrogens with one attached hydrogen (secondary N) is 1. The zero-order chi connectivity index (χ0) is 11.3. The lowest BCUT2D eigenvalue weighted by Crippen LogP contribution is -2.38. The van der Waals surface area contributed by atoms with Crippen LogP contribution in [0.1, 0.15) is 25.8 Å². The SMILES string of the molecule is CC(C)(CCBr)NCc1ccc(Br)cc1. The van der Waals surface area contributed by atoms with Crippen molar-refractivity contribution in [3.63, 3.8) is 0 Å². The molecule has 3 heteroatoms. The van der Waals surface area contributed by atoms with E-state index >= 15 is 0 Å². The third-order valence-corrected chi connectivity index (χ3v) is 3.33. The molecule has 1 nitrogen and oxygen atoms in total. The fourth-order valence-electron chi connectivity index (χ4n) is 1.27. The molecule has 0 saturated heterocycles. The van der Waals surface area contributed by atoms with Crippen LogP contribution >= 0.6 is 31.9 Å². The van der Waals surface area contributed by atoms with Gasteiger partial charge >= 0.3 is 0 Å². The van der Waals surface area contributed by atoms with Gasteiger partial charge in [-0.3, -0.25) is 0 Å². The first-order chi connectivity index (χ1) is 7.03. The number of rotatable bonds is 5. The van der Waals surface area contributed by atoms with Gasteiger partial charge in [-0.05, 0) is 38.0 Å². The van der Waals surface area contributed by atoms with E-state index in [0.717, 1.165) is 22.8 Å². The first kappa shape index (κ1) is 13.2. The lowest BCUT2D eigenvalue weighted by molar-refractivity contribution is 0.378.